The van der Waals surface area contributed by atoms with Crippen molar-refractivity contribution in [2.75, 3.05) is 6.61 Å². The van der Waals surface area contributed by atoms with Crippen molar-refractivity contribution in [1.82, 2.24) is 0 Å². The minimum Gasteiger partial charge on any atom is -0.457 e. The highest BCUT2D eigenvalue weighted by molar-refractivity contribution is 5.93. The molecule has 0 bridgehead atoms. The van der Waals surface area contributed by atoms with Crippen molar-refractivity contribution in [3.63, 3.8) is 0 Å². The van der Waals surface area contributed by atoms with Crippen LogP contribution in [0.3, 0.4) is 0 Å². The highest BCUT2D eigenvalue weighted by atomic mass is 16.6. The number of carbonyl (C=O) groups is 4. The molecule has 3 fully saturated rings. The Balaban J connectivity index is 1.63. The molecule has 7 heteroatoms. The first-order valence-corrected chi connectivity index (χ1v) is 13.3. The summed E-state index contributed by atoms with van der Waals surface area (Å²) in [5, 5.41) is 11.6. The summed E-state index contributed by atoms with van der Waals surface area (Å²) >= 11 is 0. The summed E-state index contributed by atoms with van der Waals surface area (Å²) in [6.45, 7) is 7.02. The fourth-order valence-corrected chi connectivity index (χ4v) is 8.26. The molecule has 0 aromatic carbocycles. The molecule has 6 unspecified atom stereocenters. The Labute approximate surface area is 208 Å². The van der Waals surface area contributed by atoms with Gasteiger partial charge in [-0.25, -0.2) is 0 Å². The molecular weight excluding hydrogens is 448 g/mol. The van der Waals surface area contributed by atoms with Crippen LogP contribution >= 0.6 is 0 Å². The molecule has 3 saturated carbocycles. The van der Waals surface area contributed by atoms with Gasteiger partial charge in [-0.2, -0.15) is 0 Å². The van der Waals surface area contributed by atoms with Crippen molar-refractivity contribution >= 4 is 23.5 Å². The molecule has 35 heavy (non-hydrogen) atoms. The zero-order chi connectivity index (χ0) is 25.6. The maximum Gasteiger partial charge on any atom is 0.306 e. The second kappa shape index (κ2) is 9.45. The first-order chi connectivity index (χ1) is 16.5. The third-order valence-electron chi connectivity index (χ3n) is 9.88. The van der Waals surface area contributed by atoms with Crippen molar-refractivity contribution in [2.24, 2.45) is 28.6 Å². The van der Waals surface area contributed by atoms with E-state index < -0.39 is 35.7 Å². The van der Waals surface area contributed by atoms with E-state index in [1.165, 1.54) is 6.92 Å². The van der Waals surface area contributed by atoms with E-state index in [4.69, 9.17) is 9.47 Å². The number of rotatable bonds is 7. The molecule has 0 amide bonds. The van der Waals surface area contributed by atoms with Crippen molar-refractivity contribution < 1.29 is 33.8 Å². The molecular formula is C28H40O7. The number of ether oxygens (including phenoxy) is 2. The Morgan fingerprint density at radius 3 is 2.57 bits per heavy atom. The van der Waals surface area contributed by atoms with Gasteiger partial charge in [0.25, 0.3) is 0 Å². The van der Waals surface area contributed by atoms with E-state index in [1.54, 1.807) is 6.08 Å². The highest BCUT2D eigenvalue weighted by Crippen LogP contribution is 2.68. The van der Waals surface area contributed by atoms with Crippen LogP contribution in [0.5, 0.6) is 0 Å². The summed E-state index contributed by atoms with van der Waals surface area (Å²) in [5.41, 5.74) is -1.26. The lowest BCUT2D eigenvalue weighted by Gasteiger charge is -2.60. The normalized spacial score (nSPS) is 40.1. The molecule has 194 valence electrons. The molecule has 1 N–H and O–H groups in total. The van der Waals surface area contributed by atoms with Crippen LogP contribution in [-0.2, 0) is 28.7 Å². The lowest BCUT2D eigenvalue weighted by molar-refractivity contribution is -0.201. The lowest BCUT2D eigenvalue weighted by atomic mass is 9.45. The molecule has 0 heterocycles. The molecule has 0 spiro atoms. The third-order valence-corrected chi connectivity index (χ3v) is 9.88. The Morgan fingerprint density at radius 1 is 1.14 bits per heavy atom. The third kappa shape index (κ3) is 4.17. The summed E-state index contributed by atoms with van der Waals surface area (Å²) in [4.78, 5) is 50.1. The number of aliphatic hydroxyl groups excluding tert-OH is 1. The number of allylic oxidation sites excluding steroid dienone is 1. The highest BCUT2D eigenvalue weighted by Gasteiger charge is 2.70. The van der Waals surface area contributed by atoms with Gasteiger partial charge >= 0.3 is 11.9 Å². The maximum atomic E-state index is 13.7. The molecule has 4 aliphatic carbocycles. The van der Waals surface area contributed by atoms with Gasteiger partial charge in [0.2, 0.25) is 5.78 Å². The molecule has 7 atom stereocenters. The second-order valence-corrected chi connectivity index (χ2v) is 11.7. The van der Waals surface area contributed by atoms with Crippen LogP contribution in [0.1, 0.15) is 91.9 Å². The number of carbonyl (C=O) groups excluding carboxylic acids is 4. The molecule has 0 aromatic rings. The zero-order valence-electron chi connectivity index (χ0n) is 21.6. The average molecular weight is 489 g/mol. The van der Waals surface area contributed by atoms with E-state index >= 15 is 0 Å². The first-order valence-electron chi connectivity index (χ1n) is 13.3. The molecule has 4 rings (SSSR count). The maximum absolute atomic E-state index is 13.7. The Kier molecular flexibility index (Phi) is 7.04. The van der Waals surface area contributed by atoms with Crippen LogP contribution in [-0.4, -0.2) is 46.9 Å². The topological polar surface area (TPSA) is 107 Å². The smallest absolute Gasteiger partial charge is 0.306 e. The van der Waals surface area contributed by atoms with Crippen molar-refractivity contribution in [1.29, 1.82) is 0 Å². The van der Waals surface area contributed by atoms with Crippen molar-refractivity contribution in [2.45, 2.75) is 104 Å². The summed E-state index contributed by atoms with van der Waals surface area (Å²) in [6.07, 6.45) is 7.21. The SMILES string of the molecule is CCCCC(=O)OCC(=O)[C@@]1(OC(C)=O)CCC2C3CCC4=CC(=O)CCC4(C)C3C(O)CC21C. The van der Waals surface area contributed by atoms with Gasteiger partial charge in [0, 0.05) is 25.2 Å². The van der Waals surface area contributed by atoms with Gasteiger partial charge < -0.3 is 14.6 Å². The largest absolute Gasteiger partial charge is 0.457 e. The Hall–Kier alpha value is -2.02. The number of hydrogen-bond acceptors (Lipinski definition) is 7. The average Bonchev–Trinajstić information content (AvgIpc) is 3.08. The molecule has 4 aliphatic rings. The molecule has 0 aliphatic heterocycles. The number of unbranched alkanes of at least 4 members (excludes halogenated alkanes) is 1. The van der Waals surface area contributed by atoms with Crippen LogP contribution in [0, 0.1) is 28.6 Å². The van der Waals surface area contributed by atoms with E-state index in [-0.39, 0.29) is 41.2 Å². The summed E-state index contributed by atoms with van der Waals surface area (Å²) in [7, 11) is 0. The van der Waals surface area contributed by atoms with Crippen LogP contribution in [0.15, 0.2) is 11.6 Å². The van der Waals surface area contributed by atoms with Crippen molar-refractivity contribution in [3.05, 3.63) is 11.6 Å². The fraction of sp³-hybridized carbons (Fsp3) is 0.786. The van der Waals surface area contributed by atoms with Crippen LogP contribution in [0.2, 0.25) is 0 Å². The summed E-state index contributed by atoms with van der Waals surface area (Å²) in [6, 6.07) is 0. The van der Waals surface area contributed by atoms with E-state index in [9.17, 15) is 24.3 Å². The zero-order valence-corrected chi connectivity index (χ0v) is 21.6. The van der Waals surface area contributed by atoms with Crippen molar-refractivity contribution in [3.8, 4) is 0 Å². The number of ketones is 2. The minimum atomic E-state index is -1.42. The molecule has 7 nitrogen and oxygen atoms in total. The first kappa shape index (κ1) is 26.1. The van der Waals surface area contributed by atoms with Crippen LogP contribution in [0.4, 0.5) is 0 Å². The fourth-order valence-electron chi connectivity index (χ4n) is 8.26. The second-order valence-electron chi connectivity index (χ2n) is 11.7. The molecule has 0 aromatic heterocycles. The van der Waals surface area contributed by atoms with E-state index in [2.05, 4.69) is 6.92 Å². The number of fused-ring (bicyclic) bond motifs is 5. The van der Waals surface area contributed by atoms with Gasteiger partial charge in [0.05, 0.1) is 6.10 Å². The van der Waals surface area contributed by atoms with Gasteiger partial charge in [0.15, 0.2) is 18.0 Å². The number of hydrogen-bond donors (Lipinski definition) is 1. The monoisotopic (exact) mass is 488 g/mol. The predicted molar refractivity (Wildman–Crippen MR) is 128 cm³/mol. The minimum absolute atomic E-state index is 0.00350. The van der Waals surface area contributed by atoms with Gasteiger partial charge in [0.1, 0.15) is 0 Å². The van der Waals surface area contributed by atoms with Crippen LogP contribution in [0.25, 0.3) is 0 Å². The van der Waals surface area contributed by atoms with Gasteiger partial charge in [-0.15, -0.1) is 0 Å². The van der Waals surface area contributed by atoms with Gasteiger partial charge in [-0.3, -0.25) is 19.2 Å². The standard InChI is InChI=1S/C28H40O7/c1-5-6-7-24(33)34-16-23(32)28(35-17(2)29)13-11-21-20-9-8-18-14-19(30)10-12-26(18,3)25(20)22(31)15-27(21,28)4/h14,20-22,25,31H,5-13,15-16H2,1-4H3/t20?,21?,22?,25?,26?,27?,28-/m0/s1. The van der Waals surface area contributed by atoms with Gasteiger partial charge in [-0.1, -0.05) is 32.8 Å². The lowest BCUT2D eigenvalue weighted by Crippen LogP contribution is -2.63. The molecule has 0 saturated heterocycles. The number of Topliss-reactive ketones (excluding diaryl/α,β-unsaturated/α-hetero) is 1. The Bertz CT molecular complexity index is 938. The van der Waals surface area contributed by atoms with Crippen LogP contribution < -0.4 is 0 Å². The summed E-state index contributed by atoms with van der Waals surface area (Å²) < 4.78 is 11.2. The van der Waals surface area contributed by atoms with E-state index in [0.717, 1.165) is 31.3 Å². The van der Waals surface area contributed by atoms with E-state index in [1.807, 2.05) is 13.8 Å². The molecule has 0 radical (unpaired) electrons. The summed E-state index contributed by atoms with van der Waals surface area (Å²) in [5.74, 6) is -0.932. The predicted octanol–water partition coefficient (Wildman–Crippen LogP) is 4.09. The number of aliphatic hydroxyl groups is 1. The number of esters is 2. The van der Waals surface area contributed by atoms with E-state index in [0.29, 0.717) is 32.1 Å². The Morgan fingerprint density at radius 2 is 1.89 bits per heavy atom. The van der Waals surface area contributed by atoms with Gasteiger partial charge in [-0.05, 0) is 74.2 Å². The quantitative estimate of drug-likeness (QED) is 0.538.